The molecule has 4 heterocycles. The zero-order valence-corrected chi connectivity index (χ0v) is 32.1. The van der Waals surface area contributed by atoms with E-state index in [2.05, 4.69) is 13.0 Å². The Morgan fingerprint density at radius 1 is 0.792 bits per heavy atom. The predicted octanol–water partition coefficient (Wildman–Crippen LogP) is 4.07. The molecule has 0 aromatic carbocycles. The molecule has 298 valence electrons. The maximum absolute atomic E-state index is 13.8. The average molecular weight is 749 g/mol. The van der Waals surface area contributed by atoms with Crippen LogP contribution in [-0.4, -0.2) is 121 Å². The van der Waals surface area contributed by atoms with Gasteiger partial charge in [0.1, 0.15) is 29.9 Å². The van der Waals surface area contributed by atoms with Crippen LogP contribution in [0.25, 0.3) is 0 Å². The van der Waals surface area contributed by atoms with Crippen molar-refractivity contribution in [1.82, 2.24) is 0 Å². The van der Waals surface area contributed by atoms with E-state index in [4.69, 9.17) is 42.3 Å². The lowest BCUT2D eigenvalue weighted by molar-refractivity contribution is -0.338. The van der Waals surface area contributed by atoms with Gasteiger partial charge in [0, 0.05) is 50.9 Å². The Kier molecular flexibility index (Phi) is 11.9. The van der Waals surface area contributed by atoms with Crippen LogP contribution < -0.4 is 0 Å². The number of fused-ring (bicyclic) bond motifs is 3. The van der Waals surface area contributed by atoms with Gasteiger partial charge in [0.05, 0.1) is 55.1 Å². The van der Waals surface area contributed by atoms with Crippen molar-refractivity contribution in [3.8, 4) is 0 Å². The highest BCUT2D eigenvalue weighted by molar-refractivity contribution is 5.89. The Hall–Kier alpha value is -1.75. The summed E-state index contributed by atoms with van der Waals surface area (Å²) in [7, 11) is 3.17. The van der Waals surface area contributed by atoms with Gasteiger partial charge in [-0.2, -0.15) is 0 Å². The van der Waals surface area contributed by atoms with Gasteiger partial charge in [-0.3, -0.25) is 4.79 Å². The summed E-state index contributed by atoms with van der Waals surface area (Å²) in [6.45, 7) is 9.63. The quantitative estimate of drug-likeness (QED) is 0.310. The number of hydrogen-bond acceptors (Lipinski definition) is 13. The fourth-order valence-corrected chi connectivity index (χ4v) is 10.3. The largest absolute Gasteiger partial charge is 0.469 e. The van der Waals surface area contributed by atoms with Gasteiger partial charge in [-0.25, -0.2) is 0 Å². The first kappa shape index (κ1) is 39.5. The lowest BCUT2D eigenvalue weighted by Crippen LogP contribution is -2.57. The van der Waals surface area contributed by atoms with Crippen molar-refractivity contribution in [3.63, 3.8) is 0 Å². The molecule has 0 unspecified atom stereocenters. The van der Waals surface area contributed by atoms with Crippen LogP contribution in [0.15, 0.2) is 28.4 Å². The number of rotatable bonds is 9. The third-order valence-corrected chi connectivity index (χ3v) is 13.4. The highest BCUT2D eigenvalue weighted by Crippen LogP contribution is 2.58. The average Bonchev–Trinajstić information content (AvgIpc) is 3.54. The van der Waals surface area contributed by atoms with Gasteiger partial charge in [-0.1, -0.05) is 18.6 Å². The number of allylic oxidation sites excluding steroid dienone is 1. The number of ketones is 1. The summed E-state index contributed by atoms with van der Waals surface area (Å²) in [6, 6.07) is 1.94. The number of hydrogen-bond donors (Lipinski definition) is 3. The molecule has 13 nitrogen and oxygen atoms in total. The maximum Gasteiger partial charge on any atom is 0.161 e. The van der Waals surface area contributed by atoms with Gasteiger partial charge in [-0.05, 0) is 77.2 Å². The topological polar surface area (TPSA) is 165 Å². The Morgan fingerprint density at radius 2 is 1.43 bits per heavy atom. The second-order valence-electron chi connectivity index (χ2n) is 16.5. The summed E-state index contributed by atoms with van der Waals surface area (Å²) < 4.78 is 54.3. The van der Waals surface area contributed by atoms with E-state index in [0.717, 1.165) is 24.2 Å². The molecule has 2 saturated carbocycles. The fourth-order valence-electron chi connectivity index (χ4n) is 10.3. The van der Waals surface area contributed by atoms with Crippen molar-refractivity contribution in [3.05, 3.63) is 35.3 Å². The summed E-state index contributed by atoms with van der Waals surface area (Å²) in [4.78, 5) is 13.8. The second kappa shape index (κ2) is 16.0. The fraction of sp³-hybridized carbons (Fsp3) is 0.825. The Labute approximate surface area is 312 Å². The lowest BCUT2D eigenvalue weighted by Gasteiger charge is -2.54. The molecule has 7 rings (SSSR count). The van der Waals surface area contributed by atoms with Gasteiger partial charge < -0.3 is 57.6 Å². The van der Waals surface area contributed by atoms with Crippen LogP contribution in [0.4, 0.5) is 0 Å². The summed E-state index contributed by atoms with van der Waals surface area (Å²) in [5.74, 6) is 1.11. The molecule has 1 aromatic heterocycles. The molecule has 5 fully saturated rings. The van der Waals surface area contributed by atoms with Gasteiger partial charge in [0.15, 0.2) is 18.9 Å². The van der Waals surface area contributed by atoms with Crippen LogP contribution in [0.2, 0.25) is 0 Å². The van der Waals surface area contributed by atoms with Crippen molar-refractivity contribution in [2.45, 2.75) is 178 Å². The van der Waals surface area contributed by atoms with E-state index >= 15 is 0 Å². The highest BCUT2D eigenvalue weighted by atomic mass is 16.7. The first-order valence-electron chi connectivity index (χ1n) is 19.6. The molecule has 0 spiro atoms. The Balaban J connectivity index is 0.932. The number of aryl methyl sites for hydroxylation is 1. The van der Waals surface area contributed by atoms with Crippen molar-refractivity contribution < 1.29 is 62.4 Å². The zero-order chi connectivity index (χ0) is 37.8. The first-order valence-corrected chi connectivity index (χ1v) is 19.6. The van der Waals surface area contributed by atoms with Gasteiger partial charge in [0.2, 0.25) is 0 Å². The van der Waals surface area contributed by atoms with E-state index in [0.29, 0.717) is 37.9 Å². The summed E-state index contributed by atoms with van der Waals surface area (Å²) >= 11 is 0. The zero-order valence-electron chi connectivity index (χ0n) is 32.1. The summed E-state index contributed by atoms with van der Waals surface area (Å²) in [5, 5.41) is 33.0. The molecular formula is C40H60O13. The minimum absolute atomic E-state index is 0.0626. The summed E-state index contributed by atoms with van der Waals surface area (Å²) in [6.07, 6.45) is 0.130. The lowest BCUT2D eigenvalue weighted by atomic mass is 9.51. The van der Waals surface area contributed by atoms with Gasteiger partial charge in [-0.15, -0.1) is 0 Å². The molecule has 0 radical (unpaired) electrons. The molecule has 6 aliphatic rings. The molecule has 3 saturated heterocycles. The Morgan fingerprint density at radius 3 is 2.11 bits per heavy atom. The van der Waals surface area contributed by atoms with E-state index < -0.39 is 79.9 Å². The third kappa shape index (κ3) is 7.70. The predicted molar refractivity (Wildman–Crippen MR) is 189 cm³/mol. The van der Waals surface area contributed by atoms with Crippen LogP contribution >= 0.6 is 0 Å². The minimum Gasteiger partial charge on any atom is -0.469 e. The second-order valence-corrected chi connectivity index (χ2v) is 16.5. The van der Waals surface area contributed by atoms with Crippen LogP contribution in [0.1, 0.15) is 96.3 Å². The van der Waals surface area contributed by atoms with E-state index in [1.54, 1.807) is 27.4 Å². The van der Waals surface area contributed by atoms with E-state index in [1.165, 1.54) is 5.57 Å². The first-order chi connectivity index (χ1) is 25.3. The van der Waals surface area contributed by atoms with Crippen LogP contribution in [-0.2, 0) is 42.7 Å². The number of furan rings is 1. The van der Waals surface area contributed by atoms with Crippen LogP contribution in [0, 0.1) is 24.2 Å². The molecule has 18 atom stereocenters. The molecule has 3 aliphatic heterocycles. The Bertz CT molecular complexity index is 1430. The van der Waals surface area contributed by atoms with Crippen LogP contribution in [0.3, 0.4) is 0 Å². The molecule has 1 aromatic rings. The SMILES string of the molecule is CO[C@@H]1C[C@H](O[C@H]2[C@H](O)C[C@H](O[C@@H]3[C@@H](C)O[C@@H](O[C@H]4CC5=CC[C@@H]6C(=O)[C@H](c7ccoc7C)CC[C@H]6[C@]5(C)C[C@@H]4O)C[C@H]3OC)O[C@@H]2C)O[C@H](C)[C@H]1O. The van der Waals surface area contributed by atoms with Crippen molar-refractivity contribution in [2.75, 3.05) is 14.2 Å². The van der Waals surface area contributed by atoms with Crippen molar-refractivity contribution in [1.29, 1.82) is 0 Å². The van der Waals surface area contributed by atoms with E-state index in [-0.39, 0.29) is 35.7 Å². The molecule has 3 N–H and O–H groups in total. The molecule has 13 heteroatoms. The van der Waals surface area contributed by atoms with Crippen molar-refractivity contribution in [2.24, 2.45) is 17.3 Å². The third-order valence-electron chi connectivity index (χ3n) is 13.4. The normalized spacial score (nSPS) is 47.8. The standard InChI is InChI=1S/C40H60O13/c1-19-24(12-13-47-19)25-10-11-27-26(37(25)44)9-8-23-14-30(29(42)18-40(23,27)5)51-34-17-32(46-7)39(22(4)50-34)53-33-15-28(41)38(21(3)49-33)52-35-16-31(45-6)36(43)20(2)48-35/h8,12-13,20-22,25-36,38-39,41-43H,9-11,14-18H2,1-7H3/t20-,21-,22-,25+,26+,27-,28-,29+,30+,31-,32-,33+,34+,35+,36-,38-,39-,40-/m1/s1. The number of carbonyl (C=O) groups is 1. The van der Waals surface area contributed by atoms with Crippen LogP contribution in [0.5, 0.6) is 0 Å². The highest BCUT2D eigenvalue weighted by Gasteiger charge is 2.55. The molecule has 53 heavy (non-hydrogen) atoms. The van der Waals surface area contributed by atoms with E-state index in [1.807, 2.05) is 26.8 Å². The summed E-state index contributed by atoms with van der Waals surface area (Å²) in [5.41, 5.74) is 2.00. The van der Waals surface area contributed by atoms with Gasteiger partial charge in [0.25, 0.3) is 0 Å². The molecule has 3 aliphatic carbocycles. The van der Waals surface area contributed by atoms with Crippen molar-refractivity contribution >= 4 is 5.78 Å². The molecule has 0 bridgehead atoms. The monoisotopic (exact) mass is 748 g/mol. The number of ether oxygens (including phenoxy) is 8. The number of methoxy groups -OCH3 is 2. The smallest absolute Gasteiger partial charge is 0.161 e. The molecular weight excluding hydrogens is 688 g/mol. The maximum atomic E-state index is 13.8. The number of aliphatic hydroxyl groups excluding tert-OH is 3. The number of Topliss-reactive ketones (excluding diaryl/α,β-unsaturated/α-hetero) is 1. The number of carbonyl (C=O) groups excluding carboxylic acids is 1. The minimum atomic E-state index is -0.885. The van der Waals surface area contributed by atoms with Gasteiger partial charge >= 0.3 is 0 Å². The number of aliphatic hydroxyl groups is 3. The molecule has 0 amide bonds. The van der Waals surface area contributed by atoms with E-state index in [9.17, 15) is 20.1 Å².